The lowest BCUT2D eigenvalue weighted by Gasteiger charge is -2.39. The molecule has 0 aromatic heterocycles. The van der Waals surface area contributed by atoms with Crippen LogP contribution in [0.1, 0.15) is 22.7 Å². The Labute approximate surface area is 200 Å². The smallest absolute Gasteiger partial charge is 0.160 e. The number of nitrogens with zero attached hydrogens (tertiary/aromatic N) is 2. The third kappa shape index (κ3) is 6.13. The highest BCUT2D eigenvalue weighted by atomic mass is 19.1. The Morgan fingerprint density at radius 2 is 1.32 bits per heavy atom. The predicted molar refractivity (Wildman–Crippen MR) is 131 cm³/mol. The van der Waals surface area contributed by atoms with Gasteiger partial charge in [-0.1, -0.05) is 30.3 Å². The van der Waals surface area contributed by atoms with E-state index in [0.717, 1.165) is 68.2 Å². The molecule has 1 saturated heterocycles. The number of rotatable bonds is 9. The Morgan fingerprint density at radius 3 is 1.94 bits per heavy atom. The van der Waals surface area contributed by atoms with E-state index in [0.29, 0.717) is 0 Å². The summed E-state index contributed by atoms with van der Waals surface area (Å²) in [7, 11) is 3.30. The molecule has 1 aliphatic heterocycles. The molecule has 0 unspecified atom stereocenters. The molecule has 1 fully saturated rings. The summed E-state index contributed by atoms with van der Waals surface area (Å²) in [6, 6.07) is 19.7. The zero-order valence-electron chi connectivity index (χ0n) is 19.8. The molecule has 34 heavy (non-hydrogen) atoms. The van der Waals surface area contributed by atoms with Gasteiger partial charge in [0.1, 0.15) is 11.6 Å². The van der Waals surface area contributed by atoms with E-state index in [-0.39, 0.29) is 17.7 Å². The average molecular weight is 467 g/mol. The van der Waals surface area contributed by atoms with Crippen molar-refractivity contribution in [3.8, 4) is 11.5 Å². The van der Waals surface area contributed by atoms with Gasteiger partial charge in [0.05, 0.1) is 14.2 Å². The van der Waals surface area contributed by atoms with E-state index in [9.17, 15) is 8.78 Å². The Hall–Kier alpha value is -2.96. The van der Waals surface area contributed by atoms with Gasteiger partial charge in [-0.3, -0.25) is 4.90 Å². The number of hydrogen-bond donors (Lipinski definition) is 0. The molecule has 6 heteroatoms. The number of halogens is 2. The van der Waals surface area contributed by atoms with Crippen molar-refractivity contribution in [2.75, 3.05) is 46.9 Å². The van der Waals surface area contributed by atoms with Crippen molar-refractivity contribution in [1.82, 2.24) is 9.80 Å². The average Bonchev–Trinajstić information content (AvgIpc) is 2.88. The zero-order valence-corrected chi connectivity index (χ0v) is 19.8. The van der Waals surface area contributed by atoms with Gasteiger partial charge in [-0.2, -0.15) is 0 Å². The van der Waals surface area contributed by atoms with Gasteiger partial charge < -0.3 is 14.4 Å². The van der Waals surface area contributed by atoms with Crippen LogP contribution in [0.4, 0.5) is 8.78 Å². The third-order valence-corrected chi connectivity index (χ3v) is 6.61. The maximum Gasteiger partial charge on any atom is 0.160 e. The van der Waals surface area contributed by atoms with Crippen LogP contribution in [0.25, 0.3) is 0 Å². The fraction of sp³-hybridized carbons (Fsp3) is 0.357. The fourth-order valence-electron chi connectivity index (χ4n) is 4.61. The minimum Gasteiger partial charge on any atom is -0.493 e. The monoisotopic (exact) mass is 466 g/mol. The first kappa shape index (κ1) is 24.2. The molecular formula is C28H32F2N2O2. The number of benzene rings is 3. The van der Waals surface area contributed by atoms with Crippen molar-refractivity contribution >= 4 is 0 Å². The Morgan fingerprint density at radius 1 is 0.735 bits per heavy atom. The van der Waals surface area contributed by atoms with Crippen LogP contribution in [0.5, 0.6) is 11.5 Å². The molecule has 0 N–H and O–H groups in total. The van der Waals surface area contributed by atoms with Crippen molar-refractivity contribution < 1.29 is 18.3 Å². The maximum absolute atomic E-state index is 13.6. The Bertz CT molecular complexity index is 1050. The molecule has 180 valence electrons. The van der Waals surface area contributed by atoms with Crippen LogP contribution in [-0.2, 0) is 12.8 Å². The molecule has 0 saturated carbocycles. The quantitative estimate of drug-likeness (QED) is 0.437. The van der Waals surface area contributed by atoms with Gasteiger partial charge in [-0.15, -0.1) is 0 Å². The van der Waals surface area contributed by atoms with E-state index in [4.69, 9.17) is 9.47 Å². The van der Waals surface area contributed by atoms with Gasteiger partial charge >= 0.3 is 0 Å². The number of piperazine rings is 1. The molecular weight excluding hydrogens is 434 g/mol. The first-order chi connectivity index (χ1) is 16.6. The van der Waals surface area contributed by atoms with Gasteiger partial charge in [0.15, 0.2) is 11.5 Å². The minimum absolute atomic E-state index is 0.124. The summed E-state index contributed by atoms with van der Waals surface area (Å²) >= 11 is 0. The van der Waals surface area contributed by atoms with Crippen LogP contribution in [0.3, 0.4) is 0 Å². The molecule has 0 spiro atoms. The van der Waals surface area contributed by atoms with Gasteiger partial charge in [-0.05, 0) is 65.9 Å². The van der Waals surface area contributed by atoms with E-state index in [1.54, 1.807) is 14.2 Å². The normalized spacial score (nSPS) is 15.8. The number of methoxy groups -OCH3 is 2. The molecule has 4 nitrogen and oxygen atoms in total. The van der Waals surface area contributed by atoms with Crippen molar-refractivity contribution in [3.63, 3.8) is 0 Å². The summed E-state index contributed by atoms with van der Waals surface area (Å²) in [5, 5.41) is 0. The van der Waals surface area contributed by atoms with Crippen molar-refractivity contribution in [3.05, 3.63) is 95.1 Å². The molecule has 0 bridgehead atoms. The summed E-state index contributed by atoms with van der Waals surface area (Å²) in [5.41, 5.74) is 3.39. The van der Waals surface area contributed by atoms with E-state index < -0.39 is 0 Å². The summed E-state index contributed by atoms with van der Waals surface area (Å²) in [6.45, 7) is 4.76. The van der Waals surface area contributed by atoms with Crippen molar-refractivity contribution in [2.24, 2.45) is 0 Å². The van der Waals surface area contributed by atoms with E-state index in [1.165, 1.54) is 29.8 Å². The predicted octanol–water partition coefficient (Wildman–Crippen LogP) is 5.13. The highest BCUT2D eigenvalue weighted by Crippen LogP contribution is 2.29. The molecule has 1 heterocycles. The fourth-order valence-corrected chi connectivity index (χ4v) is 4.61. The van der Waals surface area contributed by atoms with Crippen LogP contribution in [0, 0.1) is 11.6 Å². The summed E-state index contributed by atoms with van der Waals surface area (Å²) < 4.78 is 37.7. The van der Waals surface area contributed by atoms with Crippen LogP contribution in [-0.4, -0.2) is 56.7 Å². The summed E-state index contributed by atoms with van der Waals surface area (Å²) in [4.78, 5) is 4.94. The summed E-state index contributed by atoms with van der Waals surface area (Å²) in [5.74, 6) is 1.04. The molecule has 3 aromatic rings. The van der Waals surface area contributed by atoms with Crippen LogP contribution in [0.2, 0.25) is 0 Å². The highest BCUT2D eigenvalue weighted by molar-refractivity contribution is 5.43. The molecule has 1 aliphatic rings. The van der Waals surface area contributed by atoms with E-state index >= 15 is 0 Å². The second kappa shape index (κ2) is 11.4. The minimum atomic E-state index is -0.232. The Kier molecular flexibility index (Phi) is 8.14. The van der Waals surface area contributed by atoms with E-state index in [2.05, 4.69) is 15.9 Å². The van der Waals surface area contributed by atoms with Gasteiger partial charge in [0.2, 0.25) is 0 Å². The molecule has 0 aliphatic carbocycles. The largest absolute Gasteiger partial charge is 0.493 e. The van der Waals surface area contributed by atoms with Gasteiger partial charge in [-0.25, -0.2) is 8.78 Å². The molecule has 4 rings (SSSR count). The van der Waals surface area contributed by atoms with Gasteiger partial charge in [0.25, 0.3) is 0 Å². The number of ether oxygens (including phenoxy) is 2. The maximum atomic E-state index is 13.6. The third-order valence-electron chi connectivity index (χ3n) is 6.61. The van der Waals surface area contributed by atoms with E-state index in [1.807, 2.05) is 36.4 Å². The molecule has 0 radical (unpaired) electrons. The van der Waals surface area contributed by atoms with Crippen LogP contribution < -0.4 is 9.47 Å². The lowest BCUT2D eigenvalue weighted by atomic mass is 9.96. The lowest BCUT2D eigenvalue weighted by molar-refractivity contribution is 0.0960. The molecule has 0 amide bonds. The second-order valence-corrected chi connectivity index (χ2v) is 8.71. The topological polar surface area (TPSA) is 24.9 Å². The SMILES string of the molecule is COc1ccc(CCN2CCN([C@H](Cc3ccc(F)cc3)c3ccc(F)cc3)CC2)cc1OC. The van der Waals surface area contributed by atoms with Gasteiger partial charge in [0, 0.05) is 38.8 Å². The molecule has 1 atom stereocenters. The first-order valence-electron chi connectivity index (χ1n) is 11.7. The standard InChI is InChI=1S/C28H32F2N2O2/c1-33-27-12-5-22(20-28(27)34-2)13-14-31-15-17-32(18-16-31)26(23-6-10-25(30)11-7-23)19-21-3-8-24(29)9-4-21/h3-12,20,26H,13-19H2,1-2H3/t26-/m1/s1. The highest BCUT2D eigenvalue weighted by Gasteiger charge is 2.25. The van der Waals surface area contributed by atoms with Crippen LogP contribution >= 0.6 is 0 Å². The number of hydrogen-bond acceptors (Lipinski definition) is 4. The summed E-state index contributed by atoms with van der Waals surface area (Å²) in [6.07, 6.45) is 1.70. The Balaban J connectivity index is 1.38. The first-order valence-corrected chi connectivity index (χ1v) is 11.7. The van der Waals surface area contributed by atoms with Crippen molar-refractivity contribution in [2.45, 2.75) is 18.9 Å². The van der Waals surface area contributed by atoms with Crippen molar-refractivity contribution in [1.29, 1.82) is 0 Å². The molecule has 3 aromatic carbocycles. The van der Waals surface area contributed by atoms with Crippen LogP contribution in [0.15, 0.2) is 66.7 Å². The lowest BCUT2D eigenvalue weighted by Crippen LogP contribution is -2.48. The second-order valence-electron chi connectivity index (χ2n) is 8.71. The zero-order chi connectivity index (χ0) is 23.9.